The molecule has 0 saturated carbocycles. The highest BCUT2D eigenvalue weighted by atomic mass is 35.5. The Morgan fingerprint density at radius 1 is 1.17 bits per heavy atom. The van der Waals surface area contributed by atoms with Crippen LogP contribution in [0.3, 0.4) is 0 Å². The molecule has 0 unspecified atom stereocenters. The number of nitrogens with zero attached hydrogens (tertiary/aromatic N) is 3. The minimum absolute atomic E-state index is 0.0308. The summed E-state index contributed by atoms with van der Waals surface area (Å²) in [5.74, 6) is 0.798. The molecular weight excluding hydrogens is 420 g/mol. The smallest absolute Gasteiger partial charge is 0.273 e. The maximum Gasteiger partial charge on any atom is 0.273 e. The van der Waals surface area contributed by atoms with E-state index in [0.29, 0.717) is 30.5 Å². The Balaban J connectivity index is 1.34. The molecule has 0 bridgehead atoms. The largest absolute Gasteiger partial charge is 0.494 e. The van der Waals surface area contributed by atoms with Crippen molar-refractivity contribution < 1.29 is 9.53 Å². The molecule has 30 heavy (non-hydrogen) atoms. The Morgan fingerprint density at radius 2 is 1.93 bits per heavy atom. The second-order valence-electron chi connectivity index (χ2n) is 6.88. The number of ether oxygens (including phenoxy) is 1. The van der Waals surface area contributed by atoms with Crippen molar-refractivity contribution in [1.29, 1.82) is 0 Å². The zero-order chi connectivity index (χ0) is 20.9. The minimum atomic E-state index is -0.0308. The van der Waals surface area contributed by atoms with E-state index in [0.717, 1.165) is 35.2 Å². The molecule has 0 radical (unpaired) electrons. The molecule has 1 amide bonds. The quantitative estimate of drug-likeness (QED) is 0.588. The van der Waals surface area contributed by atoms with Gasteiger partial charge < -0.3 is 19.9 Å². The van der Waals surface area contributed by atoms with E-state index in [9.17, 15) is 4.79 Å². The van der Waals surface area contributed by atoms with Crippen molar-refractivity contribution in [2.45, 2.75) is 6.92 Å². The number of aromatic nitrogens is 1. The molecule has 1 fully saturated rings. The van der Waals surface area contributed by atoms with Crippen LogP contribution in [0.15, 0.2) is 53.9 Å². The number of piperazine rings is 1. The van der Waals surface area contributed by atoms with Gasteiger partial charge in [-0.05, 0) is 49.4 Å². The molecular formula is C22H23ClN4O2S. The third kappa shape index (κ3) is 4.86. The molecule has 1 N–H and O–H groups in total. The Hall–Kier alpha value is -2.77. The van der Waals surface area contributed by atoms with E-state index in [-0.39, 0.29) is 5.91 Å². The zero-order valence-electron chi connectivity index (χ0n) is 16.7. The molecule has 4 rings (SSSR count). The Kier molecular flexibility index (Phi) is 6.40. The Labute approximate surface area is 185 Å². The molecule has 0 spiro atoms. The number of carbonyl (C=O) groups is 1. The van der Waals surface area contributed by atoms with Crippen molar-refractivity contribution in [2.75, 3.05) is 43.0 Å². The summed E-state index contributed by atoms with van der Waals surface area (Å²) < 4.78 is 5.45. The predicted molar refractivity (Wildman–Crippen MR) is 123 cm³/mol. The van der Waals surface area contributed by atoms with E-state index < -0.39 is 0 Å². The third-order valence-electron chi connectivity index (χ3n) is 4.88. The van der Waals surface area contributed by atoms with Gasteiger partial charge >= 0.3 is 0 Å². The van der Waals surface area contributed by atoms with E-state index in [1.165, 1.54) is 11.3 Å². The van der Waals surface area contributed by atoms with Crippen LogP contribution in [0.2, 0.25) is 5.02 Å². The highest BCUT2D eigenvalue weighted by molar-refractivity contribution is 7.14. The first-order valence-electron chi connectivity index (χ1n) is 9.87. The van der Waals surface area contributed by atoms with Crippen molar-refractivity contribution in [1.82, 2.24) is 9.88 Å². The van der Waals surface area contributed by atoms with E-state index in [1.54, 1.807) is 0 Å². The lowest BCUT2D eigenvalue weighted by molar-refractivity contribution is 0.0742. The topological polar surface area (TPSA) is 57.7 Å². The molecule has 1 aromatic heterocycles. The number of hydrogen-bond donors (Lipinski definition) is 1. The molecule has 0 aliphatic carbocycles. The second kappa shape index (κ2) is 9.36. The Morgan fingerprint density at radius 3 is 2.63 bits per heavy atom. The molecule has 3 aromatic rings. The van der Waals surface area contributed by atoms with Gasteiger partial charge in [0.25, 0.3) is 5.91 Å². The summed E-state index contributed by atoms with van der Waals surface area (Å²) in [7, 11) is 0. The van der Waals surface area contributed by atoms with Gasteiger partial charge in [0.1, 0.15) is 11.4 Å². The van der Waals surface area contributed by atoms with Gasteiger partial charge in [0, 0.05) is 48.0 Å². The molecule has 1 saturated heterocycles. The molecule has 156 valence electrons. The molecule has 8 heteroatoms. The summed E-state index contributed by atoms with van der Waals surface area (Å²) in [4.78, 5) is 21.5. The number of benzene rings is 2. The van der Waals surface area contributed by atoms with E-state index in [4.69, 9.17) is 16.3 Å². The number of carbonyl (C=O) groups excluding carboxylic acids is 1. The van der Waals surface area contributed by atoms with Crippen molar-refractivity contribution in [3.05, 3.63) is 64.6 Å². The van der Waals surface area contributed by atoms with Crippen molar-refractivity contribution in [2.24, 2.45) is 0 Å². The van der Waals surface area contributed by atoms with Crippen LogP contribution < -0.4 is 15.0 Å². The SMILES string of the molecule is CCOc1ccc(Nc2nc(C(=O)N3CCN(c4cccc(Cl)c4)CC3)cs2)cc1. The number of hydrogen-bond acceptors (Lipinski definition) is 6. The van der Waals surface area contributed by atoms with E-state index >= 15 is 0 Å². The normalized spacial score (nSPS) is 13.9. The van der Waals surface area contributed by atoms with Gasteiger partial charge in [-0.25, -0.2) is 4.98 Å². The van der Waals surface area contributed by atoms with Crippen LogP contribution in [0.1, 0.15) is 17.4 Å². The first-order chi connectivity index (χ1) is 14.6. The fourth-order valence-corrected chi connectivity index (χ4v) is 4.25. The van der Waals surface area contributed by atoms with E-state index in [2.05, 4.69) is 15.2 Å². The van der Waals surface area contributed by atoms with Gasteiger partial charge in [0.15, 0.2) is 5.13 Å². The summed E-state index contributed by atoms with van der Waals surface area (Å²) in [6.45, 7) is 5.45. The van der Waals surface area contributed by atoms with Crippen LogP contribution in [0.25, 0.3) is 0 Å². The molecule has 2 heterocycles. The second-order valence-corrected chi connectivity index (χ2v) is 8.17. The standard InChI is InChI=1S/C22H23ClN4O2S/c1-2-29-19-8-6-17(7-9-19)24-22-25-20(15-30-22)21(28)27-12-10-26(11-13-27)18-5-3-4-16(23)14-18/h3-9,14-15H,2,10-13H2,1H3,(H,24,25). The van der Waals surface area contributed by atoms with Crippen LogP contribution >= 0.6 is 22.9 Å². The van der Waals surface area contributed by atoms with Gasteiger partial charge in [0.05, 0.1) is 6.61 Å². The monoisotopic (exact) mass is 442 g/mol. The highest BCUT2D eigenvalue weighted by Gasteiger charge is 2.24. The van der Waals surface area contributed by atoms with Crippen LogP contribution in [0.5, 0.6) is 5.75 Å². The van der Waals surface area contributed by atoms with Crippen LogP contribution in [0, 0.1) is 0 Å². The van der Waals surface area contributed by atoms with Gasteiger partial charge in [-0.15, -0.1) is 11.3 Å². The van der Waals surface area contributed by atoms with Crippen molar-refractivity contribution in [3.63, 3.8) is 0 Å². The first kappa shape index (κ1) is 20.5. The summed E-state index contributed by atoms with van der Waals surface area (Å²) in [6.07, 6.45) is 0. The summed E-state index contributed by atoms with van der Waals surface area (Å²) in [5, 5.41) is 6.47. The van der Waals surface area contributed by atoms with Crippen LogP contribution in [-0.4, -0.2) is 48.6 Å². The maximum atomic E-state index is 12.9. The minimum Gasteiger partial charge on any atom is -0.494 e. The Bertz CT molecular complexity index is 1000. The molecule has 1 aliphatic heterocycles. The van der Waals surface area contributed by atoms with Gasteiger partial charge in [-0.1, -0.05) is 17.7 Å². The average molecular weight is 443 g/mol. The number of nitrogens with one attached hydrogen (secondary N) is 1. The number of rotatable bonds is 6. The molecule has 0 atom stereocenters. The molecule has 1 aliphatic rings. The first-order valence-corrected chi connectivity index (χ1v) is 11.1. The molecule has 6 nitrogen and oxygen atoms in total. The predicted octanol–water partition coefficient (Wildman–Crippen LogP) is 4.90. The lowest BCUT2D eigenvalue weighted by atomic mass is 10.2. The highest BCUT2D eigenvalue weighted by Crippen LogP contribution is 2.25. The zero-order valence-corrected chi connectivity index (χ0v) is 18.2. The lowest BCUT2D eigenvalue weighted by Crippen LogP contribution is -2.48. The third-order valence-corrected chi connectivity index (χ3v) is 5.87. The lowest BCUT2D eigenvalue weighted by Gasteiger charge is -2.35. The summed E-state index contributed by atoms with van der Waals surface area (Å²) >= 11 is 7.52. The number of thiazole rings is 1. The van der Waals surface area contributed by atoms with Gasteiger partial charge in [0.2, 0.25) is 0 Å². The number of halogens is 1. The van der Waals surface area contributed by atoms with E-state index in [1.807, 2.05) is 65.7 Å². The van der Waals surface area contributed by atoms with Crippen LogP contribution in [0.4, 0.5) is 16.5 Å². The van der Waals surface area contributed by atoms with Gasteiger partial charge in [-0.3, -0.25) is 4.79 Å². The van der Waals surface area contributed by atoms with Crippen molar-refractivity contribution >= 4 is 45.4 Å². The summed E-state index contributed by atoms with van der Waals surface area (Å²) in [5.41, 5.74) is 2.47. The van der Waals surface area contributed by atoms with Crippen molar-refractivity contribution in [3.8, 4) is 5.75 Å². The number of amides is 1. The van der Waals surface area contributed by atoms with Gasteiger partial charge in [-0.2, -0.15) is 0 Å². The average Bonchev–Trinajstić information content (AvgIpc) is 3.23. The number of anilines is 3. The fourth-order valence-electron chi connectivity index (χ4n) is 3.36. The maximum absolute atomic E-state index is 12.9. The molecule has 2 aromatic carbocycles. The van der Waals surface area contributed by atoms with Crippen LogP contribution in [-0.2, 0) is 0 Å². The summed E-state index contributed by atoms with van der Waals surface area (Å²) in [6, 6.07) is 15.5. The fraction of sp³-hybridized carbons (Fsp3) is 0.273.